The molecule has 0 saturated carbocycles. The molecule has 25 heavy (non-hydrogen) atoms. The molecule has 0 fully saturated rings. The summed E-state index contributed by atoms with van der Waals surface area (Å²) in [6, 6.07) is 0. The number of nitrogens with one attached hydrogen (secondary N) is 2. The van der Waals surface area contributed by atoms with Gasteiger partial charge in [0.1, 0.15) is 0 Å². The molecular formula is C19H38N6. The number of hydrogen-bond donors (Lipinski definition) is 2. The lowest BCUT2D eigenvalue weighted by Crippen LogP contribution is -2.34. The maximum atomic E-state index is 4.41. The van der Waals surface area contributed by atoms with Crippen LogP contribution in [0.3, 0.4) is 0 Å². The van der Waals surface area contributed by atoms with Gasteiger partial charge in [-0.1, -0.05) is 62.3 Å². The third-order valence-electron chi connectivity index (χ3n) is 4.22. The molecule has 0 saturated heterocycles. The van der Waals surface area contributed by atoms with Crippen LogP contribution in [0.1, 0.15) is 83.1 Å². The highest BCUT2D eigenvalue weighted by Crippen LogP contribution is 2.16. The Balaban J connectivity index is 5.54. The number of rotatable bonds is 3. The van der Waals surface area contributed by atoms with E-state index in [0.29, 0.717) is 5.96 Å². The van der Waals surface area contributed by atoms with E-state index in [1.54, 1.807) is 0 Å². The molecule has 0 rings (SSSR count). The van der Waals surface area contributed by atoms with E-state index in [1.807, 2.05) is 20.8 Å². The number of hydrogen-bond acceptors (Lipinski definition) is 4. The topological polar surface area (TPSA) is 73.5 Å². The van der Waals surface area contributed by atoms with E-state index >= 15 is 0 Å². The van der Waals surface area contributed by atoms with Crippen molar-refractivity contribution in [2.75, 3.05) is 0 Å². The molecular weight excluding hydrogens is 312 g/mol. The Morgan fingerprint density at radius 2 is 0.840 bits per heavy atom. The van der Waals surface area contributed by atoms with E-state index in [9.17, 15) is 0 Å². The summed E-state index contributed by atoms with van der Waals surface area (Å²) in [5.74, 6) is 0.399. The first-order chi connectivity index (χ1) is 11.0. The predicted octanol–water partition coefficient (Wildman–Crippen LogP) is 4.79. The molecule has 0 amide bonds. The first kappa shape index (κ1) is 23.3. The van der Waals surface area contributed by atoms with Crippen molar-refractivity contribution >= 4 is 23.1 Å². The molecule has 0 spiro atoms. The van der Waals surface area contributed by atoms with Crippen molar-refractivity contribution in [1.29, 1.82) is 0 Å². The molecule has 0 aromatic rings. The van der Waals surface area contributed by atoms with Crippen molar-refractivity contribution < 1.29 is 0 Å². The van der Waals surface area contributed by atoms with Crippen LogP contribution in [0.4, 0.5) is 0 Å². The minimum Gasteiger partial charge on any atom is -0.244 e. The highest BCUT2D eigenvalue weighted by Gasteiger charge is 2.17. The Morgan fingerprint density at radius 3 is 1.12 bits per heavy atom. The van der Waals surface area contributed by atoms with Gasteiger partial charge in [-0.3, -0.25) is 0 Å². The Morgan fingerprint density at radius 1 is 0.520 bits per heavy atom. The van der Waals surface area contributed by atoms with Gasteiger partial charge in [0.15, 0.2) is 0 Å². The van der Waals surface area contributed by atoms with Crippen LogP contribution in [0, 0.1) is 16.2 Å². The number of hydrazone groups is 2. The van der Waals surface area contributed by atoms with Gasteiger partial charge in [0.2, 0.25) is 0 Å². The summed E-state index contributed by atoms with van der Waals surface area (Å²) in [6.07, 6.45) is 0. The van der Waals surface area contributed by atoms with Crippen LogP contribution >= 0.6 is 0 Å². The van der Waals surface area contributed by atoms with Gasteiger partial charge in [0.05, 0.1) is 0 Å². The maximum Gasteiger partial charge on any atom is 0.257 e. The standard InChI is InChI=1S/C19H38N6/c1-13(17(4,5)6)20-23-16(24-21-14(2)18(7,8)9)25-22-15(3)19(10,11)12/h1-12H3,(H2,23,24,25)/b20-13-,21-14-,22-15-. The zero-order valence-electron chi connectivity index (χ0n) is 18.3. The lowest BCUT2D eigenvalue weighted by molar-refractivity contribution is 0.579. The highest BCUT2D eigenvalue weighted by atomic mass is 15.5. The quantitative estimate of drug-likeness (QED) is 0.436. The summed E-state index contributed by atoms with van der Waals surface area (Å²) in [7, 11) is 0. The van der Waals surface area contributed by atoms with Gasteiger partial charge in [-0.2, -0.15) is 15.3 Å². The molecule has 0 aromatic carbocycles. The Kier molecular flexibility index (Phi) is 8.00. The van der Waals surface area contributed by atoms with Gasteiger partial charge >= 0.3 is 0 Å². The first-order valence-corrected chi connectivity index (χ1v) is 8.79. The Labute approximate surface area is 154 Å². The van der Waals surface area contributed by atoms with Gasteiger partial charge in [0, 0.05) is 33.4 Å². The smallest absolute Gasteiger partial charge is 0.244 e. The SMILES string of the molecule is C/C(=N/N=C(N/N=C(/C)C(C)(C)C)N/N=C(/C)C(C)(C)C)C(C)(C)C. The molecule has 0 unspecified atom stereocenters. The normalized spacial score (nSPS) is 15.1. The van der Waals surface area contributed by atoms with Gasteiger partial charge < -0.3 is 0 Å². The van der Waals surface area contributed by atoms with Gasteiger partial charge in [-0.05, 0) is 20.8 Å². The van der Waals surface area contributed by atoms with E-state index in [2.05, 4.69) is 93.6 Å². The van der Waals surface area contributed by atoms with Gasteiger partial charge in [0.25, 0.3) is 5.96 Å². The number of nitrogens with zero attached hydrogens (tertiary/aromatic N) is 4. The van der Waals surface area contributed by atoms with E-state index < -0.39 is 0 Å². The average Bonchev–Trinajstić information content (AvgIpc) is 2.42. The van der Waals surface area contributed by atoms with E-state index in [4.69, 9.17) is 0 Å². The second-order valence-corrected chi connectivity index (χ2v) is 9.50. The van der Waals surface area contributed by atoms with Gasteiger partial charge in [-0.25, -0.2) is 10.9 Å². The summed E-state index contributed by atoms with van der Waals surface area (Å²) in [4.78, 5) is 0. The summed E-state index contributed by atoms with van der Waals surface area (Å²) in [5, 5.41) is 17.4. The zero-order chi connectivity index (χ0) is 20.1. The second kappa shape index (κ2) is 8.59. The van der Waals surface area contributed by atoms with E-state index in [-0.39, 0.29) is 16.2 Å². The van der Waals surface area contributed by atoms with Crippen LogP contribution in [0.2, 0.25) is 0 Å². The van der Waals surface area contributed by atoms with Crippen molar-refractivity contribution in [1.82, 2.24) is 10.9 Å². The maximum absolute atomic E-state index is 4.41. The fourth-order valence-corrected chi connectivity index (χ4v) is 0.954. The van der Waals surface area contributed by atoms with Crippen molar-refractivity contribution in [2.45, 2.75) is 83.1 Å². The largest absolute Gasteiger partial charge is 0.257 e. The Hall–Kier alpha value is -1.72. The molecule has 0 aromatic heterocycles. The van der Waals surface area contributed by atoms with Crippen LogP contribution in [0.25, 0.3) is 0 Å². The molecule has 0 aliphatic rings. The molecule has 0 bridgehead atoms. The first-order valence-electron chi connectivity index (χ1n) is 8.79. The second-order valence-electron chi connectivity index (χ2n) is 9.50. The van der Waals surface area contributed by atoms with Crippen LogP contribution in [-0.2, 0) is 0 Å². The summed E-state index contributed by atoms with van der Waals surface area (Å²) in [5.41, 5.74) is 8.69. The third-order valence-corrected chi connectivity index (χ3v) is 4.22. The van der Waals surface area contributed by atoms with Crippen molar-refractivity contribution in [2.24, 2.45) is 36.7 Å². The van der Waals surface area contributed by atoms with Crippen LogP contribution in [0.5, 0.6) is 0 Å². The molecule has 144 valence electrons. The van der Waals surface area contributed by atoms with Crippen molar-refractivity contribution in [3.63, 3.8) is 0 Å². The zero-order valence-corrected chi connectivity index (χ0v) is 18.3. The molecule has 0 atom stereocenters. The predicted molar refractivity (Wildman–Crippen MR) is 111 cm³/mol. The Bertz CT molecular complexity index is 526. The van der Waals surface area contributed by atoms with Crippen molar-refractivity contribution in [3.8, 4) is 0 Å². The fraction of sp³-hybridized carbons (Fsp3) is 0.789. The van der Waals surface area contributed by atoms with E-state index in [1.165, 1.54) is 0 Å². The van der Waals surface area contributed by atoms with Gasteiger partial charge in [-0.15, -0.1) is 5.10 Å². The third kappa shape index (κ3) is 9.37. The molecule has 0 aliphatic heterocycles. The average molecular weight is 351 g/mol. The minimum atomic E-state index is -0.0379. The highest BCUT2D eigenvalue weighted by molar-refractivity contribution is 5.91. The van der Waals surface area contributed by atoms with Crippen LogP contribution < -0.4 is 10.9 Å². The molecule has 0 heterocycles. The summed E-state index contributed by atoms with van der Waals surface area (Å²) < 4.78 is 0. The molecule has 6 nitrogen and oxygen atoms in total. The monoisotopic (exact) mass is 350 g/mol. The van der Waals surface area contributed by atoms with Crippen LogP contribution in [-0.4, -0.2) is 23.1 Å². The molecule has 6 heteroatoms. The lowest BCUT2D eigenvalue weighted by atomic mass is 9.91. The van der Waals surface area contributed by atoms with Crippen LogP contribution in [0.15, 0.2) is 20.4 Å². The summed E-state index contributed by atoms with van der Waals surface area (Å²) >= 11 is 0. The number of guanidine groups is 1. The molecule has 0 radical (unpaired) electrons. The van der Waals surface area contributed by atoms with Crippen molar-refractivity contribution in [3.05, 3.63) is 0 Å². The molecule has 0 aliphatic carbocycles. The lowest BCUT2D eigenvalue weighted by Gasteiger charge is -2.19. The van der Waals surface area contributed by atoms with E-state index in [0.717, 1.165) is 17.1 Å². The molecule has 2 N–H and O–H groups in total. The summed E-state index contributed by atoms with van der Waals surface area (Å²) in [6.45, 7) is 24.9. The fourth-order valence-electron chi connectivity index (χ4n) is 0.954. The minimum absolute atomic E-state index is 0.0205.